The van der Waals surface area contributed by atoms with Crippen molar-refractivity contribution in [3.05, 3.63) is 60.7 Å². The lowest BCUT2D eigenvalue weighted by molar-refractivity contribution is -0.113. The maximum absolute atomic E-state index is 12.2. The maximum Gasteiger partial charge on any atom is 0.322 e. The molecule has 0 saturated carbocycles. The summed E-state index contributed by atoms with van der Waals surface area (Å²) in [4.78, 5) is 12.2. The van der Waals surface area contributed by atoms with Crippen LogP contribution in [0.5, 0.6) is 0 Å². The van der Waals surface area contributed by atoms with Gasteiger partial charge in [0.2, 0.25) is 17.0 Å². The van der Waals surface area contributed by atoms with Crippen molar-refractivity contribution in [1.82, 2.24) is 30.4 Å². The van der Waals surface area contributed by atoms with Crippen LogP contribution in [0.4, 0.5) is 6.01 Å². The van der Waals surface area contributed by atoms with Crippen LogP contribution in [-0.4, -0.2) is 42.1 Å². The van der Waals surface area contributed by atoms with E-state index >= 15 is 0 Å². The third-order valence-corrected chi connectivity index (χ3v) is 4.39. The van der Waals surface area contributed by atoms with E-state index in [0.717, 1.165) is 11.3 Å². The molecule has 9 nitrogen and oxygen atoms in total. The third-order valence-electron chi connectivity index (χ3n) is 3.47. The van der Waals surface area contributed by atoms with E-state index < -0.39 is 0 Å². The lowest BCUT2D eigenvalue weighted by Gasteiger charge is -2.03. The van der Waals surface area contributed by atoms with Crippen molar-refractivity contribution in [2.75, 3.05) is 11.1 Å². The van der Waals surface area contributed by atoms with Crippen LogP contribution in [0.15, 0.2) is 70.2 Å². The summed E-state index contributed by atoms with van der Waals surface area (Å²) in [6.45, 7) is 0. The number of carbonyl (C=O) groups excluding carboxylic acids is 1. The Bertz CT molecular complexity index is 1030. The SMILES string of the molecule is O=C(CSc1nnnn1-c1ccccc1)Nc1nnc(-c2ccccc2)o1. The number of benzene rings is 2. The number of anilines is 1. The fraction of sp³-hybridized carbons (Fsp3) is 0.0588. The van der Waals surface area contributed by atoms with E-state index in [-0.39, 0.29) is 17.7 Å². The van der Waals surface area contributed by atoms with E-state index in [4.69, 9.17) is 4.42 Å². The molecule has 0 spiro atoms. The zero-order valence-electron chi connectivity index (χ0n) is 13.9. The Morgan fingerprint density at radius 2 is 1.74 bits per heavy atom. The summed E-state index contributed by atoms with van der Waals surface area (Å²) < 4.78 is 7.03. The highest BCUT2D eigenvalue weighted by Gasteiger charge is 2.14. The number of amides is 1. The van der Waals surface area contributed by atoms with E-state index in [0.29, 0.717) is 11.0 Å². The third kappa shape index (κ3) is 4.01. The Labute approximate surface area is 157 Å². The van der Waals surface area contributed by atoms with E-state index in [9.17, 15) is 4.79 Å². The van der Waals surface area contributed by atoms with Gasteiger partial charge in [0.15, 0.2) is 0 Å². The number of nitrogens with one attached hydrogen (secondary N) is 1. The van der Waals surface area contributed by atoms with Gasteiger partial charge in [0.25, 0.3) is 0 Å². The maximum atomic E-state index is 12.2. The summed E-state index contributed by atoms with van der Waals surface area (Å²) in [5, 5.41) is 22.4. The van der Waals surface area contributed by atoms with Crippen molar-refractivity contribution in [3.63, 3.8) is 0 Å². The van der Waals surface area contributed by atoms with Crippen LogP contribution in [-0.2, 0) is 4.79 Å². The standard InChI is InChI=1S/C17H13N7O2S/c25-14(18-16-20-19-15(26-16)12-7-3-1-4-8-12)11-27-17-21-22-23-24(17)13-9-5-2-6-10-13/h1-10H,11H2,(H,18,20,25). The molecule has 2 aromatic heterocycles. The smallest absolute Gasteiger partial charge is 0.322 e. The highest BCUT2D eigenvalue weighted by Crippen LogP contribution is 2.20. The molecule has 0 radical (unpaired) electrons. The van der Waals surface area contributed by atoms with Crippen molar-refractivity contribution in [2.24, 2.45) is 0 Å². The lowest BCUT2D eigenvalue weighted by atomic mass is 10.2. The van der Waals surface area contributed by atoms with Crippen molar-refractivity contribution in [1.29, 1.82) is 0 Å². The van der Waals surface area contributed by atoms with Gasteiger partial charge in [-0.25, -0.2) is 0 Å². The topological polar surface area (TPSA) is 112 Å². The molecule has 27 heavy (non-hydrogen) atoms. The Hall–Kier alpha value is -3.53. The van der Waals surface area contributed by atoms with Gasteiger partial charge < -0.3 is 4.42 Å². The summed E-state index contributed by atoms with van der Waals surface area (Å²) in [5.41, 5.74) is 1.59. The minimum absolute atomic E-state index is 0.0436. The van der Waals surface area contributed by atoms with Gasteiger partial charge in [0, 0.05) is 5.56 Å². The minimum Gasteiger partial charge on any atom is -0.403 e. The fourth-order valence-corrected chi connectivity index (χ4v) is 2.95. The van der Waals surface area contributed by atoms with Crippen molar-refractivity contribution in [2.45, 2.75) is 5.16 Å². The van der Waals surface area contributed by atoms with Crippen LogP contribution >= 0.6 is 11.8 Å². The monoisotopic (exact) mass is 379 g/mol. The van der Waals surface area contributed by atoms with Crippen molar-refractivity contribution < 1.29 is 9.21 Å². The highest BCUT2D eigenvalue weighted by molar-refractivity contribution is 7.99. The number of thioether (sulfide) groups is 1. The number of nitrogens with zero attached hydrogens (tertiary/aromatic N) is 6. The Morgan fingerprint density at radius 1 is 1.00 bits per heavy atom. The van der Waals surface area contributed by atoms with Crippen LogP contribution in [0.25, 0.3) is 17.1 Å². The summed E-state index contributed by atoms with van der Waals surface area (Å²) in [7, 11) is 0. The predicted molar refractivity (Wildman–Crippen MR) is 98.2 cm³/mol. The fourth-order valence-electron chi connectivity index (χ4n) is 2.26. The second-order valence-corrected chi connectivity index (χ2v) is 6.27. The Kier molecular flexibility index (Phi) is 4.88. The molecule has 0 saturated heterocycles. The average Bonchev–Trinajstić information content (AvgIpc) is 3.37. The summed E-state index contributed by atoms with van der Waals surface area (Å²) in [5.74, 6) is 0.133. The van der Waals surface area contributed by atoms with Gasteiger partial charge in [-0.15, -0.1) is 10.2 Å². The van der Waals surface area contributed by atoms with Gasteiger partial charge in [0.05, 0.1) is 11.4 Å². The molecule has 0 unspecified atom stereocenters. The average molecular weight is 379 g/mol. The molecule has 4 aromatic rings. The summed E-state index contributed by atoms with van der Waals surface area (Å²) in [6, 6.07) is 18.8. The Morgan fingerprint density at radius 3 is 2.52 bits per heavy atom. The highest BCUT2D eigenvalue weighted by atomic mass is 32.2. The molecule has 4 rings (SSSR count). The molecule has 0 fully saturated rings. The summed E-state index contributed by atoms with van der Waals surface area (Å²) >= 11 is 1.20. The first-order valence-electron chi connectivity index (χ1n) is 7.95. The number of hydrogen-bond donors (Lipinski definition) is 1. The molecule has 2 aromatic carbocycles. The molecule has 0 atom stereocenters. The first-order valence-corrected chi connectivity index (χ1v) is 8.93. The van der Waals surface area contributed by atoms with E-state index in [1.54, 1.807) is 4.68 Å². The van der Waals surface area contributed by atoms with Gasteiger partial charge in [-0.05, 0) is 34.7 Å². The molecule has 0 aliphatic heterocycles. The predicted octanol–water partition coefficient (Wildman–Crippen LogP) is 2.44. The molecular weight excluding hydrogens is 366 g/mol. The number of aromatic nitrogens is 6. The number of para-hydroxylation sites is 1. The van der Waals surface area contributed by atoms with Gasteiger partial charge in [0.1, 0.15) is 0 Å². The van der Waals surface area contributed by atoms with E-state index in [1.807, 2.05) is 60.7 Å². The second kappa shape index (κ2) is 7.79. The normalized spacial score (nSPS) is 10.7. The zero-order chi connectivity index (χ0) is 18.5. The first-order chi connectivity index (χ1) is 13.3. The molecule has 10 heteroatoms. The largest absolute Gasteiger partial charge is 0.403 e. The van der Waals surface area contributed by atoms with Crippen LogP contribution in [0.1, 0.15) is 0 Å². The second-order valence-electron chi connectivity index (χ2n) is 5.32. The van der Waals surface area contributed by atoms with E-state index in [2.05, 4.69) is 31.0 Å². The van der Waals surface area contributed by atoms with Crippen LogP contribution in [0, 0.1) is 0 Å². The van der Waals surface area contributed by atoms with Crippen LogP contribution in [0.3, 0.4) is 0 Å². The molecular formula is C17H13N7O2S. The molecule has 2 heterocycles. The number of rotatable bonds is 6. The van der Waals surface area contributed by atoms with Gasteiger partial charge in [-0.2, -0.15) is 4.68 Å². The van der Waals surface area contributed by atoms with Gasteiger partial charge in [-0.1, -0.05) is 53.3 Å². The molecule has 0 aliphatic carbocycles. The molecule has 0 bridgehead atoms. The number of hydrogen-bond acceptors (Lipinski definition) is 8. The molecule has 1 N–H and O–H groups in total. The molecule has 1 amide bonds. The quantitative estimate of drug-likeness (QED) is 0.509. The minimum atomic E-state index is -0.300. The van der Waals surface area contributed by atoms with Crippen LogP contribution < -0.4 is 5.32 Å². The number of tetrazole rings is 1. The lowest BCUT2D eigenvalue weighted by Crippen LogP contribution is -2.14. The Balaban J connectivity index is 1.37. The molecule has 134 valence electrons. The summed E-state index contributed by atoms with van der Waals surface area (Å²) in [6.07, 6.45) is 0. The van der Waals surface area contributed by atoms with Crippen molar-refractivity contribution in [3.8, 4) is 17.1 Å². The first kappa shape index (κ1) is 16.9. The van der Waals surface area contributed by atoms with Gasteiger partial charge in [-0.3, -0.25) is 10.1 Å². The van der Waals surface area contributed by atoms with Crippen LogP contribution in [0.2, 0.25) is 0 Å². The van der Waals surface area contributed by atoms with Crippen molar-refractivity contribution >= 4 is 23.7 Å². The number of carbonyl (C=O) groups is 1. The zero-order valence-corrected chi connectivity index (χ0v) is 14.7. The van der Waals surface area contributed by atoms with E-state index in [1.165, 1.54) is 11.8 Å². The molecule has 0 aliphatic rings. The van der Waals surface area contributed by atoms with Gasteiger partial charge >= 0.3 is 6.01 Å².